The number of ether oxygens (including phenoxy) is 1. The summed E-state index contributed by atoms with van der Waals surface area (Å²) in [6, 6.07) is 6.28. The van der Waals surface area contributed by atoms with E-state index in [0.717, 1.165) is 5.69 Å². The molecule has 0 spiro atoms. The maximum absolute atomic E-state index is 12.7. The van der Waals surface area contributed by atoms with Crippen LogP contribution in [0, 0.1) is 5.92 Å². The Morgan fingerprint density at radius 1 is 1.29 bits per heavy atom. The number of aliphatic hydroxyl groups excluding tert-OH is 2. The summed E-state index contributed by atoms with van der Waals surface area (Å²) >= 11 is 0. The van der Waals surface area contributed by atoms with Gasteiger partial charge in [-0.3, -0.25) is 9.59 Å². The lowest BCUT2D eigenvalue weighted by Gasteiger charge is -2.31. The zero-order valence-electron chi connectivity index (χ0n) is 17.5. The Kier molecular flexibility index (Phi) is 7.09. The Labute approximate surface area is 180 Å². The average Bonchev–Trinajstić information content (AvgIpc) is 3.25. The molecule has 5 N–H and O–H groups in total. The Morgan fingerprint density at radius 3 is 2.58 bits per heavy atom. The Morgan fingerprint density at radius 2 is 2.00 bits per heavy atom. The normalized spacial score (nSPS) is 22.0. The first kappa shape index (κ1) is 22.5. The van der Waals surface area contributed by atoms with Crippen molar-refractivity contribution in [1.82, 2.24) is 14.9 Å². The lowest BCUT2D eigenvalue weighted by Crippen LogP contribution is -2.49. The molecular weight excluding hydrogens is 400 g/mol. The van der Waals surface area contributed by atoms with Crippen LogP contribution in [0.1, 0.15) is 26.7 Å². The minimum absolute atomic E-state index is 0.0560. The van der Waals surface area contributed by atoms with Crippen LogP contribution >= 0.6 is 0 Å². The van der Waals surface area contributed by atoms with E-state index in [4.69, 9.17) is 10.5 Å². The number of carbonyl (C=O) groups excluding carboxylic acids is 2. The number of nitrogens with two attached hydrogens (primary N) is 1. The van der Waals surface area contributed by atoms with E-state index >= 15 is 0 Å². The molecule has 1 aromatic carbocycles. The molecule has 0 radical (unpaired) electrons. The highest BCUT2D eigenvalue weighted by molar-refractivity contribution is 5.97. The van der Waals surface area contributed by atoms with Crippen molar-refractivity contribution >= 4 is 11.8 Å². The highest BCUT2D eigenvalue weighted by atomic mass is 16.5. The topological polar surface area (TPSA) is 140 Å². The second-order valence-electron chi connectivity index (χ2n) is 8.06. The van der Waals surface area contributed by atoms with E-state index in [2.05, 4.69) is 10.3 Å². The first-order valence-electron chi connectivity index (χ1n) is 10.2. The molecule has 9 nitrogen and oxygen atoms in total. The van der Waals surface area contributed by atoms with Gasteiger partial charge in [-0.15, -0.1) is 0 Å². The lowest BCUT2D eigenvalue weighted by molar-refractivity contribution is -0.126. The van der Waals surface area contributed by atoms with Crippen LogP contribution in [-0.2, 0) is 9.59 Å². The molecule has 1 heterocycles. The van der Waals surface area contributed by atoms with Crippen molar-refractivity contribution in [3.63, 3.8) is 0 Å². The van der Waals surface area contributed by atoms with Crippen LogP contribution < -0.4 is 15.8 Å². The highest BCUT2D eigenvalue weighted by Crippen LogP contribution is 2.25. The summed E-state index contributed by atoms with van der Waals surface area (Å²) in [7, 11) is 0. The van der Waals surface area contributed by atoms with Crippen LogP contribution in [0.2, 0.25) is 0 Å². The van der Waals surface area contributed by atoms with Gasteiger partial charge in [-0.1, -0.05) is 13.8 Å². The molecule has 2 aromatic rings. The number of aliphatic hydroxyl groups is 2. The number of nitrogens with zero attached hydrogens (tertiary/aromatic N) is 2. The van der Waals surface area contributed by atoms with Crippen LogP contribution in [-0.4, -0.2) is 55.9 Å². The predicted octanol–water partition coefficient (Wildman–Crippen LogP) is 0.688. The fraction of sp³-hybridized carbons (Fsp3) is 0.409. The van der Waals surface area contributed by atoms with Gasteiger partial charge in [0.05, 0.1) is 12.4 Å². The van der Waals surface area contributed by atoms with Crippen molar-refractivity contribution in [3.05, 3.63) is 54.6 Å². The summed E-state index contributed by atoms with van der Waals surface area (Å²) in [5.74, 6) is -0.510. The third-order valence-electron chi connectivity index (χ3n) is 5.08. The summed E-state index contributed by atoms with van der Waals surface area (Å²) in [4.78, 5) is 28.3. The maximum Gasteiger partial charge on any atom is 0.247 e. The minimum Gasteiger partial charge on any atom is -0.484 e. The zero-order valence-corrected chi connectivity index (χ0v) is 17.5. The Bertz CT molecular complexity index is 924. The number of carbonyl (C=O) groups is 2. The monoisotopic (exact) mass is 428 g/mol. The van der Waals surface area contributed by atoms with E-state index in [1.165, 1.54) is 6.08 Å². The molecule has 0 aliphatic heterocycles. The van der Waals surface area contributed by atoms with Crippen molar-refractivity contribution in [2.24, 2.45) is 11.7 Å². The van der Waals surface area contributed by atoms with E-state index in [9.17, 15) is 19.8 Å². The van der Waals surface area contributed by atoms with Crippen molar-refractivity contribution in [2.45, 2.75) is 51.0 Å². The third-order valence-corrected chi connectivity index (χ3v) is 5.08. The van der Waals surface area contributed by atoms with Crippen molar-refractivity contribution in [1.29, 1.82) is 0 Å². The quantitative estimate of drug-likeness (QED) is 0.488. The molecule has 166 valence electrons. The number of rotatable bonds is 8. The molecule has 1 aliphatic rings. The molecule has 0 fully saturated rings. The minimum atomic E-state index is -1.20. The van der Waals surface area contributed by atoms with E-state index < -0.39 is 36.2 Å². The van der Waals surface area contributed by atoms with E-state index in [0.29, 0.717) is 12.2 Å². The molecule has 31 heavy (non-hydrogen) atoms. The highest BCUT2D eigenvalue weighted by Gasteiger charge is 2.35. The van der Waals surface area contributed by atoms with Gasteiger partial charge in [0.15, 0.2) is 0 Å². The van der Waals surface area contributed by atoms with Gasteiger partial charge < -0.3 is 30.6 Å². The van der Waals surface area contributed by atoms with Gasteiger partial charge in [0.1, 0.15) is 24.0 Å². The maximum atomic E-state index is 12.7. The SMILES string of the molecule is CC(C)C[C@@H](NC(=O)C1=C[C@@H](Oc2ccc(-n3ccnc3)cc2)[C@H](O)[C@H](O)C1)C(N)=O. The second-order valence-corrected chi connectivity index (χ2v) is 8.06. The summed E-state index contributed by atoms with van der Waals surface area (Å²) in [5.41, 5.74) is 6.51. The van der Waals surface area contributed by atoms with Crippen LogP contribution in [0.25, 0.3) is 5.69 Å². The smallest absolute Gasteiger partial charge is 0.247 e. The molecule has 1 aromatic heterocycles. The predicted molar refractivity (Wildman–Crippen MR) is 113 cm³/mol. The number of amides is 2. The molecule has 2 amide bonds. The van der Waals surface area contributed by atoms with Crippen LogP contribution in [0.5, 0.6) is 5.75 Å². The van der Waals surface area contributed by atoms with E-state index in [1.807, 2.05) is 36.7 Å². The van der Waals surface area contributed by atoms with Gasteiger partial charge in [0.2, 0.25) is 11.8 Å². The number of hydrogen-bond donors (Lipinski definition) is 4. The number of benzene rings is 1. The van der Waals surface area contributed by atoms with Crippen molar-refractivity contribution in [3.8, 4) is 11.4 Å². The number of nitrogens with one attached hydrogen (secondary N) is 1. The molecule has 0 saturated carbocycles. The standard InChI is InChI=1S/C22H28N4O5/c1-13(2)9-17(21(23)29)25-22(30)14-10-18(27)20(28)19(11-14)31-16-5-3-15(4-6-16)26-8-7-24-12-26/h3-8,11-13,17-20,27-28H,9-10H2,1-2H3,(H2,23,29)(H,25,30)/t17-,18-,19-,20-/m1/s1. The van der Waals surface area contributed by atoms with Gasteiger partial charge in [-0.05, 0) is 42.7 Å². The molecule has 1 aliphatic carbocycles. The molecular formula is C22H28N4O5. The van der Waals surface area contributed by atoms with E-state index in [1.54, 1.807) is 24.7 Å². The first-order valence-corrected chi connectivity index (χ1v) is 10.2. The third kappa shape index (κ3) is 5.71. The van der Waals surface area contributed by atoms with Crippen molar-refractivity contribution in [2.75, 3.05) is 0 Å². The molecule has 0 saturated heterocycles. The molecule has 0 bridgehead atoms. The van der Waals surface area contributed by atoms with Gasteiger partial charge in [0, 0.05) is 30.1 Å². The molecule has 4 atom stereocenters. The van der Waals surface area contributed by atoms with Crippen molar-refractivity contribution < 1.29 is 24.5 Å². The van der Waals surface area contributed by atoms with Gasteiger partial charge in [-0.2, -0.15) is 0 Å². The van der Waals surface area contributed by atoms with Gasteiger partial charge >= 0.3 is 0 Å². The van der Waals surface area contributed by atoms with Gasteiger partial charge in [0.25, 0.3) is 0 Å². The first-order chi connectivity index (χ1) is 14.7. The fourth-order valence-electron chi connectivity index (χ4n) is 3.44. The molecule has 3 rings (SSSR count). The zero-order chi connectivity index (χ0) is 22.5. The summed E-state index contributed by atoms with van der Waals surface area (Å²) in [6.07, 6.45) is 3.66. The number of hydrogen-bond acceptors (Lipinski definition) is 6. The number of aromatic nitrogens is 2. The lowest BCUT2D eigenvalue weighted by atomic mass is 9.91. The Balaban J connectivity index is 1.73. The fourth-order valence-corrected chi connectivity index (χ4v) is 3.44. The summed E-state index contributed by atoms with van der Waals surface area (Å²) in [6.45, 7) is 3.84. The van der Waals surface area contributed by atoms with Crippen LogP contribution in [0.15, 0.2) is 54.6 Å². The second kappa shape index (κ2) is 9.76. The largest absolute Gasteiger partial charge is 0.484 e. The Hall–Kier alpha value is -3.17. The molecule has 0 unspecified atom stereocenters. The average molecular weight is 428 g/mol. The van der Waals surface area contributed by atoms with E-state index in [-0.39, 0.29) is 17.9 Å². The number of primary amides is 1. The molecule has 9 heteroatoms. The summed E-state index contributed by atoms with van der Waals surface area (Å²) in [5, 5.41) is 23.2. The van der Waals surface area contributed by atoms with Gasteiger partial charge in [-0.25, -0.2) is 4.98 Å². The number of imidazole rings is 1. The van der Waals surface area contributed by atoms with Crippen LogP contribution in [0.4, 0.5) is 0 Å². The van der Waals surface area contributed by atoms with Crippen LogP contribution in [0.3, 0.4) is 0 Å². The summed E-state index contributed by atoms with van der Waals surface area (Å²) < 4.78 is 7.66.